The van der Waals surface area contributed by atoms with Gasteiger partial charge in [0, 0.05) is 19.1 Å². The van der Waals surface area contributed by atoms with E-state index in [9.17, 15) is 5.11 Å². The number of β-amino-alcohol motifs (C(OH)–C–C–N with tert-alkyl or cyclic N) is 1. The first-order valence-electron chi connectivity index (χ1n) is 4.74. The van der Waals surface area contributed by atoms with Crippen molar-refractivity contribution >= 4 is 0 Å². The van der Waals surface area contributed by atoms with E-state index in [2.05, 4.69) is 4.90 Å². The fraction of sp³-hybridized carbons (Fsp3) is 1.00. The number of hydrogen-bond acceptors (Lipinski definition) is 3. The van der Waals surface area contributed by atoms with Gasteiger partial charge in [0.15, 0.2) is 0 Å². The summed E-state index contributed by atoms with van der Waals surface area (Å²) in [4.78, 5) is 2.24. The Morgan fingerprint density at radius 3 is 2.75 bits per heavy atom. The van der Waals surface area contributed by atoms with Crippen molar-refractivity contribution in [3.63, 3.8) is 0 Å². The smallest absolute Gasteiger partial charge is 0.0743 e. The Morgan fingerprint density at radius 2 is 2.33 bits per heavy atom. The summed E-state index contributed by atoms with van der Waals surface area (Å²) in [7, 11) is 0. The summed E-state index contributed by atoms with van der Waals surface area (Å²) >= 11 is 0. The predicted octanol–water partition coefficient (Wildman–Crippen LogP) is 0.180. The molecule has 1 unspecified atom stereocenters. The molecule has 0 bridgehead atoms. The lowest BCUT2D eigenvalue weighted by molar-refractivity contribution is 0.0228. The highest BCUT2D eigenvalue weighted by Crippen LogP contribution is 2.15. The molecule has 0 radical (unpaired) electrons. The van der Waals surface area contributed by atoms with Crippen molar-refractivity contribution in [2.45, 2.75) is 38.3 Å². The van der Waals surface area contributed by atoms with Crippen LogP contribution in [0.25, 0.3) is 0 Å². The topological polar surface area (TPSA) is 49.5 Å². The second-order valence-corrected chi connectivity index (χ2v) is 4.13. The van der Waals surface area contributed by atoms with Crippen LogP contribution >= 0.6 is 0 Å². The number of nitrogens with two attached hydrogens (primary N) is 1. The quantitative estimate of drug-likeness (QED) is 0.638. The van der Waals surface area contributed by atoms with E-state index < -0.39 is 5.60 Å². The summed E-state index contributed by atoms with van der Waals surface area (Å²) in [6, 6.07) is 0.317. The molecular weight excluding hydrogens is 152 g/mol. The minimum absolute atomic E-state index is 0.317. The van der Waals surface area contributed by atoms with Gasteiger partial charge >= 0.3 is 0 Å². The molecule has 0 amide bonds. The van der Waals surface area contributed by atoms with E-state index in [0.29, 0.717) is 6.04 Å². The summed E-state index contributed by atoms with van der Waals surface area (Å²) in [5, 5.41) is 9.79. The molecule has 1 aliphatic heterocycles. The molecule has 1 heterocycles. The van der Waals surface area contributed by atoms with Crippen LogP contribution in [-0.2, 0) is 0 Å². The second-order valence-electron chi connectivity index (χ2n) is 4.13. The van der Waals surface area contributed by atoms with Gasteiger partial charge in [0.05, 0.1) is 5.60 Å². The fourth-order valence-corrected chi connectivity index (χ4v) is 1.60. The van der Waals surface area contributed by atoms with Crippen molar-refractivity contribution in [3.05, 3.63) is 0 Å². The third-order valence-corrected chi connectivity index (χ3v) is 2.63. The molecule has 1 aliphatic rings. The van der Waals surface area contributed by atoms with E-state index in [0.717, 1.165) is 32.5 Å². The van der Waals surface area contributed by atoms with E-state index in [1.165, 1.54) is 0 Å². The van der Waals surface area contributed by atoms with Crippen molar-refractivity contribution in [2.24, 2.45) is 5.73 Å². The Morgan fingerprint density at radius 1 is 1.67 bits per heavy atom. The largest absolute Gasteiger partial charge is 0.389 e. The molecule has 3 heteroatoms. The van der Waals surface area contributed by atoms with Gasteiger partial charge in [-0.05, 0) is 26.3 Å². The minimum Gasteiger partial charge on any atom is -0.389 e. The fourth-order valence-electron chi connectivity index (χ4n) is 1.60. The molecule has 3 nitrogen and oxygen atoms in total. The van der Waals surface area contributed by atoms with E-state index in [4.69, 9.17) is 5.73 Å². The van der Waals surface area contributed by atoms with Gasteiger partial charge in [0.2, 0.25) is 0 Å². The van der Waals surface area contributed by atoms with Crippen molar-refractivity contribution in [2.75, 3.05) is 19.6 Å². The van der Waals surface area contributed by atoms with Crippen LogP contribution in [-0.4, -0.2) is 41.3 Å². The van der Waals surface area contributed by atoms with Crippen LogP contribution < -0.4 is 5.73 Å². The van der Waals surface area contributed by atoms with Crippen LogP contribution in [0.5, 0.6) is 0 Å². The predicted molar refractivity (Wildman–Crippen MR) is 49.9 cm³/mol. The van der Waals surface area contributed by atoms with E-state index >= 15 is 0 Å². The Kier molecular flexibility index (Phi) is 3.09. The van der Waals surface area contributed by atoms with Gasteiger partial charge in [-0.25, -0.2) is 0 Å². The van der Waals surface area contributed by atoms with Gasteiger partial charge in [-0.2, -0.15) is 0 Å². The molecule has 0 aliphatic carbocycles. The first kappa shape index (κ1) is 9.96. The van der Waals surface area contributed by atoms with Crippen LogP contribution in [0.2, 0.25) is 0 Å². The zero-order valence-corrected chi connectivity index (χ0v) is 8.08. The average Bonchev–Trinajstić information content (AvgIpc) is 2.35. The molecule has 2 atom stereocenters. The Balaban J connectivity index is 2.32. The van der Waals surface area contributed by atoms with Crippen molar-refractivity contribution in [3.8, 4) is 0 Å². The lowest BCUT2D eigenvalue weighted by Crippen LogP contribution is -2.40. The molecular formula is C9H20N2O. The molecule has 1 rings (SSSR count). The zero-order chi connectivity index (χ0) is 9.19. The number of likely N-dealkylation sites (tertiary alicyclic amines) is 1. The summed E-state index contributed by atoms with van der Waals surface area (Å²) in [5.41, 5.74) is 5.22. The summed E-state index contributed by atoms with van der Waals surface area (Å²) in [6.07, 6.45) is 1.87. The lowest BCUT2D eigenvalue weighted by atomic mass is 10.0. The van der Waals surface area contributed by atoms with Crippen LogP contribution in [0.1, 0.15) is 26.7 Å². The molecule has 0 aromatic rings. The molecule has 0 spiro atoms. The average molecular weight is 172 g/mol. The maximum absolute atomic E-state index is 9.79. The highest BCUT2D eigenvalue weighted by atomic mass is 16.3. The summed E-state index contributed by atoms with van der Waals surface area (Å²) in [6.45, 7) is 6.64. The van der Waals surface area contributed by atoms with E-state index in [-0.39, 0.29) is 0 Å². The molecule has 0 saturated carbocycles. The van der Waals surface area contributed by atoms with Crippen molar-refractivity contribution in [1.29, 1.82) is 0 Å². The molecule has 12 heavy (non-hydrogen) atoms. The van der Waals surface area contributed by atoms with E-state index in [1.807, 2.05) is 13.8 Å². The normalized spacial score (nSPS) is 30.5. The van der Waals surface area contributed by atoms with Crippen molar-refractivity contribution < 1.29 is 5.11 Å². The Labute approximate surface area is 74.5 Å². The summed E-state index contributed by atoms with van der Waals surface area (Å²) < 4.78 is 0. The standard InChI is InChI=1S/C9H20N2O/c1-3-9(2,12)7-11-5-4-8(10)6-11/h8,12H,3-7,10H2,1-2H3/t8-,9?/m0/s1. The van der Waals surface area contributed by atoms with Crippen LogP contribution in [0, 0.1) is 0 Å². The van der Waals surface area contributed by atoms with E-state index in [1.54, 1.807) is 0 Å². The number of aliphatic hydroxyl groups is 1. The van der Waals surface area contributed by atoms with Crippen LogP contribution in [0.4, 0.5) is 0 Å². The lowest BCUT2D eigenvalue weighted by Gasteiger charge is -2.27. The van der Waals surface area contributed by atoms with Gasteiger partial charge in [0.25, 0.3) is 0 Å². The molecule has 0 aromatic heterocycles. The van der Waals surface area contributed by atoms with Crippen LogP contribution in [0.15, 0.2) is 0 Å². The SMILES string of the molecule is CCC(C)(O)CN1CC[C@H](N)C1. The second kappa shape index (κ2) is 3.73. The first-order chi connectivity index (χ1) is 5.53. The van der Waals surface area contributed by atoms with Gasteiger partial charge in [-0.15, -0.1) is 0 Å². The molecule has 0 aromatic carbocycles. The monoisotopic (exact) mass is 172 g/mol. The van der Waals surface area contributed by atoms with Crippen molar-refractivity contribution in [1.82, 2.24) is 4.90 Å². The zero-order valence-electron chi connectivity index (χ0n) is 8.08. The van der Waals surface area contributed by atoms with Gasteiger partial charge in [-0.3, -0.25) is 4.90 Å². The third-order valence-electron chi connectivity index (χ3n) is 2.63. The third kappa shape index (κ3) is 2.73. The number of nitrogens with zero attached hydrogens (tertiary/aromatic N) is 1. The number of rotatable bonds is 3. The Hall–Kier alpha value is -0.120. The minimum atomic E-state index is -0.538. The molecule has 3 N–H and O–H groups in total. The molecule has 72 valence electrons. The maximum Gasteiger partial charge on any atom is 0.0743 e. The molecule has 1 fully saturated rings. The Bertz CT molecular complexity index is 147. The highest BCUT2D eigenvalue weighted by molar-refractivity contribution is 4.83. The molecule has 1 saturated heterocycles. The van der Waals surface area contributed by atoms with Gasteiger partial charge in [0.1, 0.15) is 0 Å². The first-order valence-corrected chi connectivity index (χ1v) is 4.74. The number of hydrogen-bond donors (Lipinski definition) is 2. The van der Waals surface area contributed by atoms with Gasteiger partial charge < -0.3 is 10.8 Å². The van der Waals surface area contributed by atoms with Crippen LogP contribution in [0.3, 0.4) is 0 Å². The highest BCUT2D eigenvalue weighted by Gasteiger charge is 2.26. The summed E-state index contributed by atoms with van der Waals surface area (Å²) in [5.74, 6) is 0. The van der Waals surface area contributed by atoms with Gasteiger partial charge in [-0.1, -0.05) is 6.92 Å². The maximum atomic E-state index is 9.79.